The third-order valence-corrected chi connectivity index (χ3v) is 4.13. The van der Waals surface area contributed by atoms with Crippen molar-refractivity contribution in [3.8, 4) is 0 Å². The van der Waals surface area contributed by atoms with Crippen molar-refractivity contribution in [2.75, 3.05) is 11.9 Å². The maximum Gasteiger partial charge on any atom is 0.160 e. The number of aromatic nitrogens is 3. The lowest BCUT2D eigenvalue weighted by Gasteiger charge is -2.20. The zero-order valence-corrected chi connectivity index (χ0v) is 13.7. The highest BCUT2D eigenvalue weighted by molar-refractivity contribution is 5.56. The molecule has 3 aromatic rings. The van der Waals surface area contributed by atoms with Crippen molar-refractivity contribution in [1.82, 2.24) is 14.6 Å². The van der Waals surface area contributed by atoms with Crippen LogP contribution in [0.15, 0.2) is 36.4 Å². The van der Waals surface area contributed by atoms with Crippen molar-refractivity contribution >= 4 is 11.5 Å². The summed E-state index contributed by atoms with van der Waals surface area (Å²) in [5, 5.41) is 17.5. The summed E-state index contributed by atoms with van der Waals surface area (Å²) in [6.45, 7) is 6.13. The minimum atomic E-state index is 0.0241. The second-order valence-electron chi connectivity index (χ2n) is 5.85. The van der Waals surface area contributed by atoms with Crippen molar-refractivity contribution in [2.24, 2.45) is 0 Å². The molecule has 0 radical (unpaired) electrons. The maximum atomic E-state index is 9.42. The quantitative estimate of drug-likeness (QED) is 0.760. The summed E-state index contributed by atoms with van der Waals surface area (Å²) in [5.74, 6) is 0.894. The fourth-order valence-corrected chi connectivity index (χ4v) is 2.77. The summed E-state index contributed by atoms with van der Waals surface area (Å²) in [5.41, 5.74) is 5.03. The number of hydrogen-bond donors (Lipinski definition) is 2. The predicted octanol–water partition coefficient (Wildman–Crippen LogP) is 3.19. The summed E-state index contributed by atoms with van der Waals surface area (Å²) in [6, 6.07) is 12.2. The highest BCUT2D eigenvalue weighted by atomic mass is 16.3. The van der Waals surface area contributed by atoms with Gasteiger partial charge >= 0.3 is 0 Å². The zero-order valence-electron chi connectivity index (χ0n) is 13.7. The molecule has 23 heavy (non-hydrogen) atoms. The molecule has 0 bridgehead atoms. The SMILES string of the molecule is Cc1cc(NC(CCO)c2ccccc2)n2nc(C)c(C)c2n1. The molecule has 0 aliphatic rings. The molecule has 2 N–H and O–H groups in total. The number of aliphatic hydroxyl groups is 1. The van der Waals surface area contributed by atoms with Crippen LogP contribution in [0.25, 0.3) is 5.65 Å². The van der Waals surface area contributed by atoms with E-state index in [2.05, 4.69) is 27.5 Å². The van der Waals surface area contributed by atoms with Gasteiger partial charge in [-0.1, -0.05) is 30.3 Å². The van der Waals surface area contributed by atoms with Crippen LogP contribution in [-0.2, 0) is 0 Å². The lowest BCUT2D eigenvalue weighted by atomic mass is 10.0. The molecule has 0 fully saturated rings. The fraction of sp³-hybridized carbons (Fsp3) is 0.333. The molecule has 120 valence electrons. The van der Waals surface area contributed by atoms with Crippen LogP contribution in [-0.4, -0.2) is 26.3 Å². The first-order chi connectivity index (χ1) is 11.1. The van der Waals surface area contributed by atoms with Gasteiger partial charge in [-0.15, -0.1) is 0 Å². The topological polar surface area (TPSA) is 62.5 Å². The summed E-state index contributed by atoms with van der Waals surface area (Å²) in [7, 11) is 0. The molecule has 3 rings (SSSR count). The van der Waals surface area contributed by atoms with Gasteiger partial charge in [0.2, 0.25) is 0 Å². The van der Waals surface area contributed by atoms with E-state index in [-0.39, 0.29) is 12.6 Å². The standard InChI is InChI=1S/C18H22N4O/c1-12-11-17(22-18(19-12)13(2)14(3)21-22)20-16(9-10-23)15-7-5-4-6-8-15/h4-8,11,16,20,23H,9-10H2,1-3H3. The Labute approximate surface area is 136 Å². The molecule has 0 aliphatic carbocycles. The molecule has 2 aromatic heterocycles. The van der Waals surface area contributed by atoms with E-state index in [1.54, 1.807) is 0 Å². The lowest BCUT2D eigenvalue weighted by molar-refractivity contribution is 0.280. The molecule has 0 aliphatic heterocycles. The van der Waals surface area contributed by atoms with E-state index >= 15 is 0 Å². The number of benzene rings is 1. The Hall–Kier alpha value is -2.40. The number of nitrogens with zero attached hydrogens (tertiary/aromatic N) is 3. The molecule has 0 spiro atoms. The normalized spacial score (nSPS) is 12.5. The number of fused-ring (bicyclic) bond motifs is 1. The Morgan fingerprint density at radius 1 is 1.17 bits per heavy atom. The Kier molecular flexibility index (Phi) is 4.30. The Morgan fingerprint density at radius 2 is 1.91 bits per heavy atom. The molecule has 1 atom stereocenters. The van der Waals surface area contributed by atoms with Crippen molar-refractivity contribution in [3.05, 3.63) is 58.9 Å². The van der Waals surface area contributed by atoms with Crippen molar-refractivity contribution in [1.29, 1.82) is 0 Å². The van der Waals surface area contributed by atoms with Gasteiger partial charge in [0.05, 0.1) is 11.7 Å². The second kappa shape index (κ2) is 6.38. The van der Waals surface area contributed by atoms with Crippen LogP contribution < -0.4 is 5.32 Å². The number of aryl methyl sites for hydroxylation is 3. The average Bonchev–Trinajstić information content (AvgIpc) is 2.83. The van der Waals surface area contributed by atoms with Gasteiger partial charge in [0.25, 0.3) is 0 Å². The molecule has 5 heteroatoms. The fourth-order valence-electron chi connectivity index (χ4n) is 2.77. The number of hydrogen-bond acceptors (Lipinski definition) is 4. The van der Waals surface area contributed by atoms with Crippen LogP contribution in [0.3, 0.4) is 0 Å². The Balaban J connectivity index is 2.03. The van der Waals surface area contributed by atoms with Gasteiger partial charge in [-0.3, -0.25) is 0 Å². The number of nitrogens with one attached hydrogen (secondary N) is 1. The van der Waals surface area contributed by atoms with Gasteiger partial charge in [0.15, 0.2) is 5.65 Å². The summed E-state index contributed by atoms with van der Waals surface area (Å²) in [6.07, 6.45) is 0.631. The highest BCUT2D eigenvalue weighted by Gasteiger charge is 2.15. The van der Waals surface area contributed by atoms with Gasteiger partial charge in [-0.05, 0) is 32.8 Å². The zero-order chi connectivity index (χ0) is 16.4. The van der Waals surface area contributed by atoms with E-state index in [1.165, 1.54) is 0 Å². The molecular weight excluding hydrogens is 288 g/mol. The molecule has 2 heterocycles. The number of anilines is 1. The van der Waals surface area contributed by atoms with Crippen molar-refractivity contribution in [2.45, 2.75) is 33.2 Å². The monoisotopic (exact) mass is 310 g/mol. The average molecular weight is 310 g/mol. The first-order valence-corrected chi connectivity index (χ1v) is 7.86. The van der Waals surface area contributed by atoms with Gasteiger partial charge in [0, 0.05) is 23.9 Å². The first kappa shape index (κ1) is 15.5. The van der Waals surface area contributed by atoms with E-state index in [9.17, 15) is 5.11 Å². The highest BCUT2D eigenvalue weighted by Crippen LogP contribution is 2.24. The van der Waals surface area contributed by atoms with E-state index in [1.807, 2.05) is 49.6 Å². The predicted molar refractivity (Wildman–Crippen MR) is 91.7 cm³/mol. The summed E-state index contributed by atoms with van der Waals surface area (Å²) < 4.78 is 1.85. The van der Waals surface area contributed by atoms with Gasteiger partial charge < -0.3 is 10.4 Å². The number of aliphatic hydroxyl groups excluding tert-OH is 1. The molecule has 1 unspecified atom stereocenters. The summed E-state index contributed by atoms with van der Waals surface area (Å²) in [4.78, 5) is 4.59. The Morgan fingerprint density at radius 3 is 2.61 bits per heavy atom. The molecular formula is C18H22N4O. The van der Waals surface area contributed by atoms with E-state index in [4.69, 9.17) is 0 Å². The van der Waals surface area contributed by atoms with Crippen LogP contribution in [0.1, 0.15) is 35.0 Å². The molecule has 0 amide bonds. The third kappa shape index (κ3) is 3.05. The number of rotatable bonds is 5. The van der Waals surface area contributed by atoms with Crippen molar-refractivity contribution in [3.63, 3.8) is 0 Å². The lowest BCUT2D eigenvalue weighted by Crippen LogP contribution is -2.15. The van der Waals surface area contributed by atoms with E-state index < -0.39 is 0 Å². The van der Waals surface area contributed by atoms with E-state index in [0.717, 1.165) is 34.0 Å². The minimum Gasteiger partial charge on any atom is -0.396 e. The second-order valence-corrected chi connectivity index (χ2v) is 5.85. The van der Waals surface area contributed by atoms with Crippen LogP contribution in [0.5, 0.6) is 0 Å². The van der Waals surface area contributed by atoms with Gasteiger partial charge in [0.1, 0.15) is 5.82 Å². The summed E-state index contributed by atoms with van der Waals surface area (Å²) >= 11 is 0. The minimum absolute atomic E-state index is 0.0241. The Bertz CT molecular complexity index is 811. The molecule has 1 aromatic carbocycles. The van der Waals surface area contributed by atoms with Crippen LogP contribution in [0.2, 0.25) is 0 Å². The molecule has 5 nitrogen and oxygen atoms in total. The van der Waals surface area contributed by atoms with Gasteiger partial charge in [-0.25, -0.2) is 4.98 Å². The third-order valence-electron chi connectivity index (χ3n) is 4.13. The van der Waals surface area contributed by atoms with Crippen LogP contribution >= 0.6 is 0 Å². The molecule has 0 saturated heterocycles. The van der Waals surface area contributed by atoms with Gasteiger partial charge in [-0.2, -0.15) is 9.61 Å². The van der Waals surface area contributed by atoms with E-state index in [0.29, 0.717) is 6.42 Å². The maximum absolute atomic E-state index is 9.42. The largest absolute Gasteiger partial charge is 0.396 e. The smallest absolute Gasteiger partial charge is 0.160 e. The molecule has 0 saturated carbocycles. The van der Waals surface area contributed by atoms with Crippen LogP contribution in [0, 0.1) is 20.8 Å². The van der Waals surface area contributed by atoms with Crippen LogP contribution in [0.4, 0.5) is 5.82 Å². The van der Waals surface area contributed by atoms with Crippen molar-refractivity contribution < 1.29 is 5.11 Å². The first-order valence-electron chi connectivity index (χ1n) is 7.86.